The van der Waals surface area contributed by atoms with Crippen LogP contribution in [0.3, 0.4) is 0 Å². The van der Waals surface area contributed by atoms with Crippen molar-refractivity contribution in [2.24, 2.45) is 0 Å². The second kappa shape index (κ2) is 7.67. The van der Waals surface area contributed by atoms with Crippen molar-refractivity contribution in [3.8, 4) is 0 Å². The van der Waals surface area contributed by atoms with Gasteiger partial charge in [0, 0.05) is 23.6 Å². The Kier molecular flexibility index (Phi) is 5.86. The molecular formula is C13H14NO7PS. The zero-order valence-electron chi connectivity index (χ0n) is 11.8. The predicted molar refractivity (Wildman–Crippen MR) is 85.9 cm³/mol. The fourth-order valence-electron chi connectivity index (χ4n) is 1.81. The molecule has 2 aromatic rings. The quantitative estimate of drug-likeness (QED) is 0.303. The lowest BCUT2D eigenvalue weighted by Gasteiger charge is -2.11. The van der Waals surface area contributed by atoms with Crippen LogP contribution in [0.25, 0.3) is 11.0 Å². The molecule has 2 rings (SSSR count). The summed E-state index contributed by atoms with van der Waals surface area (Å²) in [5.41, 5.74) is 0.580. The Morgan fingerprint density at radius 3 is 2.83 bits per heavy atom. The molecule has 10 heteroatoms. The first-order valence-electron chi connectivity index (χ1n) is 6.47. The SMILES string of the molecule is O=c1cc(COC(=S)NCCOP(=O)(O)O)c2ccccc2o1. The van der Waals surface area contributed by atoms with Crippen molar-refractivity contribution in [2.75, 3.05) is 13.2 Å². The van der Waals surface area contributed by atoms with Crippen LogP contribution in [0.1, 0.15) is 5.56 Å². The molecule has 0 atom stereocenters. The van der Waals surface area contributed by atoms with E-state index in [2.05, 4.69) is 9.84 Å². The molecule has 0 fully saturated rings. The minimum atomic E-state index is -4.49. The molecular weight excluding hydrogens is 345 g/mol. The summed E-state index contributed by atoms with van der Waals surface area (Å²) >= 11 is 4.93. The van der Waals surface area contributed by atoms with Gasteiger partial charge in [-0.15, -0.1) is 0 Å². The molecule has 0 unspecified atom stereocenters. The highest BCUT2D eigenvalue weighted by Crippen LogP contribution is 2.35. The van der Waals surface area contributed by atoms with Gasteiger partial charge in [0.15, 0.2) is 0 Å². The van der Waals surface area contributed by atoms with Gasteiger partial charge in [0.05, 0.1) is 6.61 Å². The number of thiocarbonyl (C=S) groups is 1. The number of para-hydroxylation sites is 1. The van der Waals surface area contributed by atoms with Gasteiger partial charge in [0.25, 0.3) is 5.17 Å². The van der Waals surface area contributed by atoms with E-state index in [-0.39, 0.29) is 24.9 Å². The van der Waals surface area contributed by atoms with Gasteiger partial charge in [-0.1, -0.05) is 18.2 Å². The molecule has 0 bridgehead atoms. The predicted octanol–water partition coefficient (Wildman–Crippen LogP) is 1.29. The van der Waals surface area contributed by atoms with E-state index in [1.807, 2.05) is 6.07 Å². The molecule has 124 valence electrons. The Labute approximate surface area is 136 Å². The number of ether oxygens (including phenoxy) is 1. The van der Waals surface area contributed by atoms with E-state index in [1.165, 1.54) is 6.07 Å². The van der Waals surface area contributed by atoms with Crippen molar-refractivity contribution >= 4 is 36.2 Å². The first kappa shape index (κ1) is 17.6. The largest absolute Gasteiger partial charge is 0.469 e. The molecule has 0 amide bonds. The van der Waals surface area contributed by atoms with Gasteiger partial charge in [-0.25, -0.2) is 9.36 Å². The highest BCUT2D eigenvalue weighted by molar-refractivity contribution is 7.80. The van der Waals surface area contributed by atoms with Gasteiger partial charge < -0.3 is 24.3 Å². The third-order valence-corrected chi connectivity index (χ3v) is 3.51. The lowest BCUT2D eigenvalue weighted by Crippen LogP contribution is -2.27. The summed E-state index contributed by atoms with van der Waals surface area (Å²) in [4.78, 5) is 28.5. The Balaban J connectivity index is 1.90. The normalized spacial score (nSPS) is 11.4. The maximum Gasteiger partial charge on any atom is 0.469 e. The van der Waals surface area contributed by atoms with Gasteiger partial charge in [-0.2, -0.15) is 0 Å². The molecule has 0 radical (unpaired) electrons. The number of phosphoric ester groups is 1. The molecule has 0 aliphatic rings. The Hall–Kier alpha value is -1.77. The Morgan fingerprint density at radius 1 is 1.35 bits per heavy atom. The molecule has 1 aromatic carbocycles. The van der Waals surface area contributed by atoms with E-state index in [9.17, 15) is 9.36 Å². The van der Waals surface area contributed by atoms with Crippen LogP contribution in [0, 0.1) is 0 Å². The first-order valence-corrected chi connectivity index (χ1v) is 8.41. The van der Waals surface area contributed by atoms with Crippen LogP contribution in [0.15, 0.2) is 39.5 Å². The van der Waals surface area contributed by atoms with Crippen LogP contribution in [0.4, 0.5) is 0 Å². The zero-order valence-corrected chi connectivity index (χ0v) is 13.5. The van der Waals surface area contributed by atoms with Crippen LogP contribution in [0.5, 0.6) is 0 Å². The van der Waals surface area contributed by atoms with Crippen LogP contribution in [-0.2, 0) is 20.4 Å². The molecule has 0 saturated carbocycles. The third-order valence-electron chi connectivity index (χ3n) is 2.73. The van der Waals surface area contributed by atoms with Gasteiger partial charge in [0.1, 0.15) is 12.2 Å². The van der Waals surface area contributed by atoms with E-state index >= 15 is 0 Å². The number of fused-ring (bicyclic) bond motifs is 1. The topological polar surface area (TPSA) is 118 Å². The maximum atomic E-state index is 11.5. The Morgan fingerprint density at radius 2 is 2.09 bits per heavy atom. The smallest absolute Gasteiger partial charge is 0.466 e. The van der Waals surface area contributed by atoms with E-state index < -0.39 is 13.4 Å². The average Bonchev–Trinajstić information content (AvgIpc) is 2.48. The second-order valence-electron chi connectivity index (χ2n) is 4.41. The lowest BCUT2D eigenvalue weighted by molar-refractivity contribution is 0.197. The lowest BCUT2D eigenvalue weighted by atomic mass is 10.1. The molecule has 1 aromatic heterocycles. The number of benzene rings is 1. The molecule has 0 spiro atoms. The van der Waals surface area contributed by atoms with Crippen molar-refractivity contribution in [2.45, 2.75) is 6.61 Å². The van der Waals surface area contributed by atoms with Crippen LogP contribution >= 0.6 is 20.0 Å². The number of hydrogen-bond acceptors (Lipinski definition) is 6. The minimum Gasteiger partial charge on any atom is -0.466 e. The molecule has 1 heterocycles. The van der Waals surface area contributed by atoms with Crippen molar-refractivity contribution in [1.29, 1.82) is 0 Å². The van der Waals surface area contributed by atoms with Crippen molar-refractivity contribution in [3.05, 3.63) is 46.3 Å². The number of nitrogens with one attached hydrogen (secondary N) is 1. The van der Waals surface area contributed by atoms with E-state index in [4.69, 9.17) is 31.2 Å². The first-order chi connectivity index (χ1) is 10.8. The molecule has 23 heavy (non-hydrogen) atoms. The van der Waals surface area contributed by atoms with Gasteiger partial charge in [-0.3, -0.25) is 4.52 Å². The molecule has 0 aliphatic heterocycles. The van der Waals surface area contributed by atoms with Crippen molar-refractivity contribution in [1.82, 2.24) is 5.32 Å². The van der Waals surface area contributed by atoms with Crippen molar-refractivity contribution < 1.29 is 28.0 Å². The zero-order chi connectivity index (χ0) is 16.9. The van der Waals surface area contributed by atoms with E-state index in [1.54, 1.807) is 18.2 Å². The molecule has 0 saturated heterocycles. The summed E-state index contributed by atoms with van der Waals surface area (Å²) in [6.45, 7) is -0.107. The monoisotopic (exact) mass is 359 g/mol. The minimum absolute atomic E-state index is 0.0247. The second-order valence-corrected chi connectivity index (χ2v) is 6.02. The standard InChI is InChI=1S/C13H14NO7PS/c15-12-7-9(10-3-1-2-4-11(10)21-12)8-19-13(23)14-5-6-20-22(16,17)18/h1-4,7H,5-6,8H2,(H,14,23)(H2,16,17,18). The summed E-state index contributed by atoms with van der Waals surface area (Å²) in [6, 6.07) is 8.35. The summed E-state index contributed by atoms with van der Waals surface area (Å²) < 4.78 is 25.1. The van der Waals surface area contributed by atoms with Gasteiger partial charge >= 0.3 is 13.4 Å². The number of hydrogen-bond donors (Lipinski definition) is 3. The van der Waals surface area contributed by atoms with Crippen LogP contribution < -0.4 is 10.9 Å². The summed E-state index contributed by atoms with van der Waals surface area (Å²) in [5, 5.41) is 3.39. The van der Waals surface area contributed by atoms with Gasteiger partial charge in [0.2, 0.25) is 0 Å². The molecule has 3 N–H and O–H groups in total. The number of rotatable bonds is 6. The fourth-order valence-corrected chi connectivity index (χ4v) is 2.30. The summed E-state index contributed by atoms with van der Waals surface area (Å²) in [5.74, 6) is 0. The number of phosphoric acid groups is 1. The van der Waals surface area contributed by atoms with Crippen LogP contribution in [0.2, 0.25) is 0 Å². The highest BCUT2D eigenvalue weighted by Gasteiger charge is 2.13. The molecule has 8 nitrogen and oxygen atoms in total. The van der Waals surface area contributed by atoms with E-state index in [0.717, 1.165) is 5.39 Å². The summed E-state index contributed by atoms with van der Waals surface area (Å²) in [7, 11) is -4.49. The maximum absolute atomic E-state index is 11.5. The van der Waals surface area contributed by atoms with Gasteiger partial charge in [-0.05, 0) is 18.3 Å². The van der Waals surface area contributed by atoms with Crippen LogP contribution in [-0.4, -0.2) is 28.1 Å². The fraction of sp³-hybridized carbons (Fsp3) is 0.231. The Bertz CT molecular complexity index is 800. The average molecular weight is 359 g/mol. The van der Waals surface area contributed by atoms with Crippen molar-refractivity contribution in [3.63, 3.8) is 0 Å². The third kappa shape index (κ3) is 5.74. The highest BCUT2D eigenvalue weighted by atomic mass is 32.1. The molecule has 0 aliphatic carbocycles. The van der Waals surface area contributed by atoms with E-state index in [0.29, 0.717) is 11.1 Å². The summed E-state index contributed by atoms with van der Waals surface area (Å²) in [6.07, 6.45) is 0.